The molecule has 0 aliphatic rings. The molecule has 5 nitrogen and oxygen atoms in total. The molecule has 0 spiro atoms. The number of carbonyl (C=O) groups excluding carboxylic acids is 1. The van der Waals surface area contributed by atoms with Crippen molar-refractivity contribution in [2.45, 2.75) is 31.2 Å². The third-order valence-corrected chi connectivity index (χ3v) is 5.48. The SMILES string of the molecule is Cc1ccc(Cl)cc1NC(=O)Cc1c(C)nc(SCc2ccc(F)cc2)[nH]c1=O. The summed E-state index contributed by atoms with van der Waals surface area (Å²) in [5.41, 5.74) is 2.85. The van der Waals surface area contributed by atoms with Crippen molar-refractivity contribution in [1.29, 1.82) is 0 Å². The van der Waals surface area contributed by atoms with Crippen molar-refractivity contribution >= 4 is 35.0 Å². The smallest absolute Gasteiger partial charge is 0.255 e. The van der Waals surface area contributed by atoms with Gasteiger partial charge in [0.05, 0.1) is 6.42 Å². The minimum Gasteiger partial charge on any atom is -0.326 e. The van der Waals surface area contributed by atoms with E-state index in [2.05, 4.69) is 15.3 Å². The van der Waals surface area contributed by atoms with E-state index in [1.165, 1.54) is 23.9 Å². The second-order valence-corrected chi connectivity index (χ2v) is 7.93. The molecule has 0 unspecified atom stereocenters. The van der Waals surface area contributed by atoms with E-state index in [1.54, 1.807) is 31.2 Å². The third kappa shape index (κ3) is 5.68. The van der Waals surface area contributed by atoms with Crippen LogP contribution in [0.5, 0.6) is 0 Å². The first kappa shape index (κ1) is 21.1. The van der Waals surface area contributed by atoms with Crippen LogP contribution in [-0.4, -0.2) is 15.9 Å². The monoisotopic (exact) mass is 431 g/mol. The van der Waals surface area contributed by atoms with E-state index < -0.39 is 0 Å². The Balaban J connectivity index is 1.68. The lowest BCUT2D eigenvalue weighted by molar-refractivity contribution is -0.115. The van der Waals surface area contributed by atoms with Gasteiger partial charge in [-0.3, -0.25) is 9.59 Å². The Morgan fingerprint density at radius 2 is 1.93 bits per heavy atom. The van der Waals surface area contributed by atoms with Crippen LogP contribution in [0.1, 0.15) is 22.4 Å². The van der Waals surface area contributed by atoms with E-state index in [-0.39, 0.29) is 23.7 Å². The van der Waals surface area contributed by atoms with Crippen LogP contribution in [0.15, 0.2) is 52.4 Å². The van der Waals surface area contributed by atoms with E-state index in [1.807, 2.05) is 13.0 Å². The Kier molecular flexibility index (Phi) is 6.71. The standard InChI is InChI=1S/C21H19ClFN3O2S/c1-12-3-6-15(22)9-18(12)25-19(27)10-17-13(2)24-21(26-20(17)28)29-11-14-4-7-16(23)8-5-14/h3-9H,10-11H2,1-2H3,(H,25,27)(H,24,26,28). The molecule has 0 aliphatic heterocycles. The molecule has 1 aromatic heterocycles. The first-order chi connectivity index (χ1) is 13.8. The quantitative estimate of drug-likeness (QED) is 0.440. The van der Waals surface area contributed by atoms with Crippen LogP contribution in [0.3, 0.4) is 0 Å². The highest BCUT2D eigenvalue weighted by atomic mass is 35.5. The molecule has 8 heteroatoms. The summed E-state index contributed by atoms with van der Waals surface area (Å²) in [4.78, 5) is 32.0. The van der Waals surface area contributed by atoms with E-state index >= 15 is 0 Å². The zero-order chi connectivity index (χ0) is 21.0. The Morgan fingerprint density at radius 1 is 1.21 bits per heavy atom. The van der Waals surface area contributed by atoms with Crippen molar-refractivity contribution in [1.82, 2.24) is 9.97 Å². The van der Waals surface area contributed by atoms with Gasteiger partial charge in [0.15, 0.2) is 5.16 Å². The van der Waals surface area contributed by atoms with Gasteiger partial charge in [0.2, 0.25) is 5.91 Å². The highest BCUT2D eigenvalue weighted by Crippen LogP contribution is 2.21. The summed E-state index contributed by atoms with van der Waals surface area (Å²) in [7, 11) is 0. The Bertz CT molecular complexity index is 1100. The predicted molar refractivity (Wildman–Crippen MR) is 114 cm³/mol. The van der Waals surface area contributed by atoms with Crippen LogP contribution < -0.4 is 10.9 Å². The van der Waals surface area contributed by atoms with Crippen molar-refractivity contribution in [3.63, 3.8) is 0 Å². The lowest BCUT2D eigenvalue weighted by Crippen LogP contribution is -2.24. The fourth-order valence-electron chi connectivity index (χ4n) is 2.68. The predicted octanol–water partition coefficient (Wildman–Crippen LogP) is 4.65. The first-order valence-corrected chi connectivity index (χ1v) is 10.2. The number of aryl methyl sites for hydroxylation is 2. The highest BCUT2D eigenvalue weighted by Gasteiger charge is 2.14. The molecule has 1 heterocycles. The number of nitrogens with zero attached hydrogens (tertiary/aromatic N) is 1. The van der Waals surface area contributed by atoms with Gasteiger partial charge in [0, 0.05) is 27.7 Å². The van der Waals surface area contributed by atoms with Gasteiger partial charge in [-0.2, -0.15) is 0 Å². The largest absolute Gasteiger partial charge is 0.326 e. The molecular weight excluding hydrogens is 413 g/mol. The first-order valence-electron chi connectivity index (χ1n) is 8.85. The number of amides is 1. The average Bonchev–Trinajstić information content (AvgIpc) is 2.67. The van der Waals surface area contributed by atoms with Crippen molar-refractivity contribution in [3.05, 3.63) is 86.0 Å². The number of benzene rings is 2. The average molecular weight is 432 g/mol. The van der Waals surface area contributed by atoms with E-state index in [9.17, 15) is 14.0 Å². The summed E-state index contributed by atoms with van der Waals surface area (Å²) in [5, 5.41) is 3.75. The Labute approximate surface area is 176 Å². The van der Waals surface area contributed by atoms with Gasteiger partial charge in [-0.05, 0) is 49.2 Å². The number of rotatable bonds is 6. The van der Waals surface area contributed by atoms with Gasteiger partial charge >= 0.3 is 0 Å². The van der Waals surface area contributed by atoms with Gasteiger partial charge in [-0.15, -0.1) is 0 Å². The van der Waals surface area contributed by atoms with Crippen LogP contribution in [0.4, 0.5) is 10.1 Å². The lowest BCUT2D eigenvalue weighted by atomic mass is 10.1. The Morgan fingerprint density at radius 3 is 2.62 bits per heavy atom. The molecular formula is C21H19ClFN3O2S. The molecule has 0 radical (unpaired) electrons. The summed E-state index contributed by atoms with van der Waals surface area (Å²) < 4.78 is 13.0. The summed E-state index contributed by atoms with van der Waals surface area (Å²) in [5.74, 6) is -0.0782. The maximum Gasteiger partial charge on any atom is 0.255 e. The van der Waals surface area contributed by atoms with Gasteiger partial charge in [-0.25, -0.2) is 9.37 Å². The van der Waals surface area contributed by atoms with Gasteiger partial charge in [0.25, 0.3) is 5.56 Å². The number of aromatic amines is 1. The fourth-order valence-corrected chi connectivity index (χ4v) is 3.71. The number of anilines is 1. The fraction of sp³-hybridized carbons (Fsp3) is 0.190. The second-order valence-electron chi connectivity index (χ2n) is 6.53. The minimum absolute atomic E-state index is 0.0942. The molecule has 0 aliphatic carbocycles. The molecule has 0 saturated carbocycles. The lowest BCUT2D eigenvalue weighted by Gasteiger charge is -2.10. The number of thioether (sulfide) groups is 1. The van der Waals surface area contributed by atoms with Crippen molar-refractivity contribution in [2.75, 3.05) is 5.32 Å². The van der Waals surface area contributed by atoms with Crippen molar-refractivity contribution in [2.24, 2.45) is 0 Å². The second kappa shape index (κ2) is 9.24. The molecule has 3 rings (SSSR count). The zero-order valence-electron chi connectivity index (χ0n) is 15.9. The molecule has 0 atom stereocenters. The van der Waals surface area contributed by atoms with Crippen molar-refractivity contribution in [3.8, 4) is 0 Å². The molecule has 0 saturated heterocycles. The summed E-state index contributed by atoms with van der Waals surface area (Å²) >= 11 is 7.31. The molecule has 2 aromatic carbocycles. The summed E-state index contributed by atoms with van der Waals surface area (Å²) in [6.07, 6.45) is -0.0942. The summed E-state index contributed by atoms with van der Waals surface area (Å²) in [6.45, 7) is 3.56. The number of carbonyl (C=O) groups is 1. The highest BCUT2D eigenvalue weighted by molar-refractivity contribution is 7.98. The van der Waals surface area contributed by atoms with Gasteiger partial charge < -0.3 is 10.3 Å². The van der Waals surface area contributed by atoms with Crippen LogP contribution >= 0.6 is 23.4 Å². The number of halogens is 2. The van der Waals surface area contributed by atoms with E-state index in [0.29, 0.717) is 32.9 Å². The normalized spacial score (nSPS) is 10.8. The summed E-state index contributed by atoms with van der Waals surface area (Å²) in [6, 6.07) is 11.4. The van der Waals surface area contributed by atoms with Crippen LogP contribution in [-0.2, 0) is 17.0 Å². The molecule has 2 N–H and O–H groups in total. The van der Waals surface area contributed by atoms with Crippen molar-refractivity contribution < 1.29 is 9.18 Å². The van der Waals surface area contributed by atoms with E-state index in [0.717, 1.165) is 11.1 Å². The molecule has 29 heavy (non-hydrogen) atoms. The maximum absolute atomic E-state index is 13.0. The number of nitrogens with one attached hydrogen (secondary N) is 2. The maximum atomic E-state index is 13.0. The molecule has 0 fully saturated rings. The third-order valence-electron chi connectivity index (χ3n) is 4.30. The van der Waals surface area contributed by atoms with Gasteiger partial charge in [-0.1, -0.05) is 41.6 Å². The van der Waals surface area contributed by atoms with E-state index in [4.69, 9.17) is 11.6 Å². The molecule has 3 aromatic rings. The number of hydrogen-bond acceptors (Lipinski definition) is 4. The van der Waals surface area contributed by atoms with Crippen LogP contribution in [0, 0.1) is 19.7 Å². The van der Waals surface area contributed by atoms with Gasteiger partial charge in [0.1, 0.15) is 5.82 Å². The molecule has 0 bridgehead atoms. The number of hydrogen-bond donors (Lipinski definition) is 2. The number of H-pyrrole nitrogens is 1. The topological polar surface area (TPSA) is 74.8 Å². The number of aromatic nitrogens is 2. The molecule has 1 amide bonds. The zero-order valence-corrected chi connectivity index (χ0v) is 17.5. The Hall–Kier alpha value is -2.64. The molecule has 150 valence electrons. The minimum atomic E-state index is -0.350. The van der Waals surface area contributed by atoms with Crippen LogP contribution in [0.2, 0.25) is 5.02 Å². The van der Waals surface area contributed by atoms with Crippen LogP contribution in [0.25, 0.3) is 0 Å².